The number of rotatable bonds is 9. The molecule has 2 atom stereocenters. The summed E-state index contributed by atoms with van der Waals surface area (Å²) < 4.78 is 21.3. The van der Waals surface area contributed by atoms with Crippen LogP contribution in [0.3, 0.4) is 0 Å². The number of halogens is 1. The number of amides is 1. The number of carbonyl (C=O) groups is 1. The highest BCUT2D eigenvalue weighted by molar-refractivity contribution is 7.80. The first kappa shape index (κ1) is 22.9. The molecule has 1 fully saturated rings. The second-order valence-corrected chi connectivity index (χ2v) is 8.10. The van der Waals surface area contributed by atoms with Gasteiger partial charge in [0.05, 0.1) is 30.1 Å². The molecule has 0 radical (unpaired) electrons. The number of hydrogen-bond acceptors (Lipinski definition) is 4. The van der Waals surface area contributed by atoms with Gasteiger partial charge >= 0.3 is 0 Å². The highest BCUT2D eigenvalue weighted by Crippen LogP contribution is 2.38. The number of aromatic nitrogens is 2. The second-order valence-electron chi connectivity index (χ2n) is 7.72. The van der Waals surface area contributed by atoms with Crippen molar-refractivity contribution >= 4 is 28.9 Å². The number of pyridine rings is 1. The third kappa shape index (κ3) is 5.20. The van der Waals surface area contributed by atoms with Gasteiger partial charge in [0.15, 0.2) is 5.11 Å². The maximum absolute atomic E-state index is 13.9. The van der Waals surface area contributed by atoms with E-state index in [-0.39, 0.29) is 30.1 Å². The van der Waals surface area contributed by atoms with Crippen LogP contribution in [-0.4, -0.2) is 45.7 Å². The number of thiocarbonyl (C=S) groups is 1. The molecule has 0 unspecified atom stereocenters. The van der Waals surface area contributed by atoms with E-state index in [1.165, 1.54) is 12.1 Å². The van der Waals surface area contributed by atoms with Gasteiger partial charge in [0, 0.05) is 44.7 Å². The maximum Gasteiger partial charge on any atom is 0.226 e. The summed E-state index contributed by atoms with van der Waals surface area (Å²) in [6, 6.07) is 15.6. The Hall–Kier alpha value is -3.30. The van der Waals surface area contributed by atoms with Gasteiger partial charge in [0.1, 0.15) is 5.82 Å². The molecule has 3 heterocycles. The average Bonchev–Trinajstić information content (AvgIpc) is 3.42. The summed E-state index contributed by atoms with van der Waals surface area (Å²) >= 11 is 5.66. The number of para-hydroxylation sites is 1. The van der Waals surface area contributed by atoms with E-state index in [0.717, 1.165) is 11.4 Å². The SMILES string of the molecule is COCCn1cccc1[C@@H]1[C@@H](c2ccccn2)NC(=S)N1CCC(=O)Nc1ccccc1F. The predicted octanol–water partition coefficient (Wildman–Crippen LogP) is 3.67. The van der Waals surface area contributed by atoms with Crippen LogP contribution in [0.5, 0.6) is 0 Å². The van der Waals surface area contributed by atoms with Crippen LogP contribution in [-0.2, 0) is 16.1 Å². The number of nitrogens with zero attached hydrogens (tertiary/aromatic N) is 3. The van der Waals surface area contributed by atoms with Crippen molar-refractivity contribution in [2.75, 3.05) is 25.6 Å². The standard InChI is InChI=1S/C24H26FN5O2S/c1-32-16-15-29-13-6-10-20(29)23-22(19-9-4-5-12-26-19)28-24(33)30(23)14-11-21(31)27-18-8-3-2-7-17(18)25/h2-10,12-13,22-23H,11,14-16H2,1H3,(H,27,31)(H,28,33)/t22-,23-/m1/s1. The van der Waals surface area contributed by atoms with Gasteiger partial charge in [-0.15, -0.1) is 0 Å². The van der Waals surface area contributed by atoms with Crippen LogP contribution < -0.4 is 10.6 Å². The third-order valence-corrected chi connectivity index (χ3v) is 5.98. The van der Waals surface area contributed by atoms with Crippen molar-refractivity contribution < 1.29 is 13.9 Å². The molecule has 1 amide bonds. The Kier molecular flexibility index (Phi) is 7.31. The highest BCUT2D eigenvalue weighted by atomic mass is 32.1. The zero-order valence-corrected chi connectivity index (χ0v) is 19.1. The highest BCUT2D eigenvalue weighted by Gasteiger charge is 2.41. The Balaban J connectivity index is 1.56. The summed E-state index contributed by atoms with van der Waals surface area (Å²) in [5, 5.41) is 6.58. The normalized spacial score (nSPS) is 17.8. The lowest BCUT2D eigenvalue weighted by Gasteiger charge is -2.28. The van der Waals surface area contributed by atoms with E-state index in [4.69, 9.17) is 17.0 Å². The lowest BCUT2D eigenvalue weighted by atomic mass is 10.0. The van der Waals surface area contributed by atoms with Crippen molar-refractivity contribution in [1.82, 2.24) is 19.8 Å². The lowest BCUT2D eigenvalue weighted by Crippen LogP contribution is -2.33. The van der Waals surface area contributed by atoms with Gasteiger partial charge < -0.3 is 24.8 Å². The van der Waals surface area contributed by atoms with Gasteiger partial charge in [-0.3, -0.25) is 9.78 Å². The molecular formula is C24H26FN5O2S. The molecule has 4 rings (SSSR count). The van der Waals surface area contributed by atoms with Crippen LogP contribution in [0.1, 0.15) is 29.9 Å². The first-order valence-electron chi connectivity index (χ1n) is 10.7. The molecule has 1 aliphatic heterocycles. The lowest BCUT2D eigenvalue weighted by molar-refractivity contribution is -0.116. The first-order chi connectivity index (χ1) is 16.1. The monoisotopic (exact) mass is 467 g/mol. The van der Waals surface area contributed by atoms with E-state index in [1.807, 2.05) is 35.4 Å². The molecule has 2 N–H and O–H groups in total. The number of methoxy groups -OCH3 is 1. The number of anilines is 1. The van der Waals surface area contributed by atoms with Gasteiger partial charge in [0.25, 0.3) is 0 Å². The largest absolute Gasteiger partial charge is 0.383 e. The number of ether oxygens (including phenoxy) is 1. The van der Waals surface area contributed by atoms with Crippen molar-refractivity contribution in [3.05, 3.63) is 84.2 Å². The van der Waals surface area contributed by atoms with Crippen molar-refractivity contribution in [1.29, 1.82) is 0 Å². The quantitative estimate of drug-likeness (QED) is 0.468. The molecule has 172 valence electrons. The predicted molar refractivity (Wildman–Crippen MR) is 128 cm³/mol. The molecule has 3 aromatic rings. The van der Waals surface area contributed by atoms with Gasteiger partial charge in [-0.05, 0) is 48.6 Å². The van der Waals surface area contributed by atoms with E-state index in [1.54, 1.807) is 25.4 Å². The Morgan fingerprint density at radius 2 is 2.00 bits per heavy atom. The molecule has 0 saturated carbocycles. The number of carbonyl (C=O) groups excluding carboxylic acids is 1. The Labute approximate surface area is 197 Å². The van der Waals surface area contributed by atoms with E-state index in [9.17, 15) is 9.18 Å². The molecule has 1 saturated heterocycles. The molecule has 1 aromatic carbocycles. The zero-order chi connectivity index (χ0) is 23.2. The summed E-state index contributed by atoms with van der Waals surface area (Å²) in [6.45, 7) is 1.64. The van der Waals surface area contributed by atoms with Gasteiger partial charge in [-0.2, -0.15) is 0 Å². The van der Waals surface area contributed by atoms with Crippen LogP contribution >= 0.6 is 12.2 Å². The van der Waals surface area contributed by atoms with Crippen LogP contribution in [0.15, 0.2) is 67.0 Å². The molecule has 0 bridgehead atoms. The van der Waals surface area contributed by atoms with Crippen molar-refractivity contribution in [2.24, 2.45) is 0 Å². The van der Waals surface area contributed by atoms with Gasteiger partial charge in [-0.1, -0.05) is 18.2 Å². The zero-order valence-electron chi connectivity index (χ0n) is 18.3. The number of hydrogen-bond donors (Lipinski definition) is 2. The summed E-state index contributed by atoms with van der Waals surface area (Å²) in [7, 11) is 1.67. The average molecular weight is 468 g/mol. The molecule has 33 heavy (non-hydrogen) atoms. The maximum atomic E-state index is 13.9. The van der Waals surface area contributed by atoms with E-state index < -0.39 is 5.82 Å². The Bertz CT molecular complexity index is 1110. The van der Waals surface area contributed by atoms with Crippen LogP contribution in [0, 0.1) is 5.82 Å². The minimum atomic E-state index is -0.465. The van der Waals surface area contributed by atoms with Crippen LogP contribution in [0.4, 0.5) is 10.1 Å². The van der Waals surface area contributed by atoms with E-state index in [0.29, 0.717) is 24.8 Å². The molecule has 0 aliphatic carbocycles. The topological polar surface area (TPSA) is 71.4 Å². The summed E-state index contributed by atoms with van der Waals surface area (Å²) in [5.41, 5.74) is 2.08. The summed E-state index contributed by atoms with van der Waals surface area (Å²) in [4.78, 5) is 19.1. The number of benzene rings is 1. The molecular weight excluding hydrogens is 441 g/mol. The second kappa shape index (κ2) is 10.5. The smallest absolute Gasteiger partial charge is 0.226 e. The number of nitrogens with one attached hydrogen (secondary N) is 2. The van der Waals surface area contributed by atoms with Crippen molar-refractivity contribution in [2.45, 2.75) is 25.0 Å². The fourth-order valence-electron chi connectivity index (χ4n) is 4.05. The van der Waals surface area contributed by atoms with Crippen LogP contribution in [0.2, 0.25) is 0 Å². The fraction of sp³-hybridized carbons (Fsp3) is 0.292. The van der Waals surface area contributed by atoms with Crippen molar-refractivity contribution in [3.63, 3.8) is 0 Å². The fourth-order valence-corrected chi connectivity index (χ4v) is 4.39. The Morgan fingerprint density at radius 3 is 2.76 bits per heavy atom. The molecule has 9 heteroatoms. The van der Waals surface area contributed by atoms with Gasteiger partial charge in [0.2, 0.25) is 5.91 Å². The molecule has 7 nitrogen and oxygen atoms in total. The summed E-state index contributed by atoms with van der Waals surface area (Å²) in [5.74, 6) is -0.744. The minimum Gasteiger partial charge on any atom is -0.383 e. The molecule has 0 spiro atoms. The van der Waals surface area contributed by atoms with E-state index >= 15 is 0 Å². The molecule has 2 aromatic heterocycles. The Morgan fingerprint density at radius 1 is 1.18 bits per heavy atom. The van der Waals surface area contributed by atoms with Gasteiger partial charge in [-0.25, -0.2) is 4.39 Å². The first-order valence-corrected chi connectivity index (χ1v) is 11.2. The molecule has 1 aliphatic rings. The van der Waals surface area contributed by atoms with Crippen molar-refractivity contribution in [3.8, 4) is 0 Å². The summed E-state index contributed by atoms with van der Waals surface area (Å²) in [6.07, 6.45) is 3.92. The minimum absolute atomic E-state index is 0.153. The van der Waals surface area contributed by atoms with E-state index in [2.05, 4.69) is 26.3 Å². The van der Waals surface area contributed by atoms with Crippen LogP contribution in [0.25, 0.3) is 0 Å². The third-order valence-electron chi connectivity index (χ3n) is 5.63.